The predicted octanol–water partition coefficient (Wildman–Crippen LogP) is 1.37. The van der Waals surface area contributed by atoms with Crippen LogP contribution >= 0.6 is 0 Å². The molecule has 3 rings (SSSR count). The van der Waals surface area contributed by atoms with Crippen LogP contribution in [0.25, 0.3) is 0 Å². The molecule has 0 bridgehead atoms. The molecule has 1 saturated heterocycles. The number of aromatic nitrogens is 2. The number of furan rings is 1. The van der Waals surface area contributed by atoms with Gasteiger partial charge < -0.3 is 19.6 Å². The Labute approximate surface area is 123 Å². The summed E-state index contributed by atoms with van der Waals surface area (Å²) in [5.41, 5.74) is 1.14. The molecule has 0 aliphatic carbocycles. The Hall–Kier alpha value is -1.63. The molecule has 0 amide bonds. The third kappa shape index (κ3) is 3.34. The minimum Gasteiger partial charge on any atom is -0.462 e. The second-order valence-electron chi connectivity index (χ2n) is 5.44. The molecule has 6 nitrogen and oxygen atoms in total. The number of nitrogens with zero attached hydrogens (tertiary/aromatic N) is 2. The number of nitrogens with one attached hydrogen (secondary N) is 1. The van der Waals surface area contributed by atoms with Crippen LogP contribution in [0.15, 0.2) is 28.9 Å². The zero-order chi connectivity index (χ0) is 14.7. The van der Waals surface area contributed by atoms with Crippen molar-refractivity contribution < 1.29 is 14.3 Å². The summed E-state index contributed by atoms with van der Waals surface area (Å²) < 4.78 is 13.1. The minimum atomic E-state index is -0.0560. The molecule has 0 saturated carbocycles. The van der Waals surface area contributed by atoms with Gasteiger partial charge in [-0.15, -0.1) is 0 Å². The van der Waals surface area contributed by atoms with Crippen LogP contribution in [0.1, 0.15) is 29.6 Å². The fraction of sp³-hybridized carbons (Fsp3) is 0.533. The number of rotatable bonds is 6. The van der Waals surface area contributed by atoms with Crippen LogP contribution in [0.4, 0.5) is 0 Å². The molecular formula is C15H21N3O3. The predicted molar refractivity (Wildman–Crippen MR) is 76.3 cm³/mol. The van der Waals surface area contributed by atoms with E-state index in [2.05, 4.69) is 10.4 Å². The third-order valence-corrected chi connectivity index (χ3v) is 3.85. The van der Waals surface area contributed by atoms with Gasteiger partial charge in [0.25, 0.3) is 0 Å². The van der Waals surface area contributed by atoms with Crippen molar-refractivity contribution in [3.8, 4) is 0 Å². The highest BCUT2D eigenvalue weighted by atomic mass is 16.5. The van der Waals surface area contributed by atoms with Gasteiger partial charge in [0.1, 0.15) is 18.1 Å². The highest BCUT2D eigenvalue weighted by molar-refractivity contribution is 5.11. The van der Waals surface area contributed by atoms with Crippen molar-refractivity contribution >= 4 is 0 Å². The SMILES string of the molecule is Cn1cc([C@H]2OCC[C@H]2CNCc2ccc(CO)o2)cn1. The molecule has 6 heteroatoms. The standard InChI is InChI=1S/C15H21N3O3/c1-18-9-12(7-17-18)15-11(4-5-20-15)6-16-8-13-2-3-14(10-19)21-13/h2-3,7,9,11,15-16,19H,4-6,8,10H2,1H3/t11-,15-/m0/s1. The molecule has 3 heterocycles. The Morgan fingerprint density at radius 2 is 2.29 bits per heavy atom. The van der Waals surface area contributed by atoms with Crippen molar-refractivity contribution in [2.45, 2.75) is 25.7 Å². The number of aliphatic hydroxyl groups excluding tert-OH is 1. The van der Waals surface area contributed by atoms with Crippen LogP contribution < -0.4 is 5.32 Å². The van der Waals surface area contributed by atoms with Gasteiger partial charge in [0.2, 0.25) is 0 Å². The summed E-state index contributed by atoms with van der Waals surface area (Å²) in [6, 6.07) is 3.69. The van der Waals surface area contributed by atoms with E-state index < -0.39 is 0 Å². The minimum absolute atomic E-state index is 0.0560. The van der Waals surface area contributed by atoms with Gasteiger partial charge in [-0.25, -0.2) is 0 Å². The molecule has 2 aromatic rings. The van der Waals surface area contributed by atoms with E-state index in [9.17, 15) is 0 Å². The van der Waals surface area contributed by atoms with E-state index >= 15 is 0 Å². The van der Waals surface area contributed by atoms with Gasteiger partial charge in [0.15, 0.2) is 0 Å². The molecule has 114 valence electrons. The highest BCUT2D eigenvalue weighted by Gasteiger charge is 2.30. The molecule has 1 aliphatic heterocycles. The molecule has 2 atom stereocenters. The van der Waals surface area contributed by atoms with E-state index in [0.717, 1.165) is 30.9 Å². The number of hydrogen-bond acceptors (Lipinski definition) is 5. The van der Waals surface area contributed by atoms with Gasteiger partial charge in [-0.2, -0.15) is 5.10 Å². The smallest absolute Gasteiger partial charge is 0.129 e. The van der Waals surface area contributed by atoms with E-state index in [1.165, 1.54) is 0 Å². The van der Waals surface area contributed by atoms with Crippen molar-refractivity contribution in [2.24, 2.45) is 13.0 Å². The lowest BCUT2D eigenvalue weighted by Gasteiger charge is -2.17. The lowest BCUT2D eigenvalue weighted by atomic mass is 9.97. The van der Waals surface area contributed by atoms with Crippen molar-refractivity contribution in [3.05, 3.63) is 41.6 Å². The van der Waals surface area contributed by atoms with Gasteiger partial charge in [-0.1, -0.05) is 0 Å². The van der Waals surface area contributed by atoms with Gasteiger partial charge in [-0.3, -0.25) is 4.68 Å². The monoisotopic (exact) mass is 291 g/mol. The second kappa shape index (κ2) is 6.43. The number of hydrogen-bond donors (Lipinski definition) is 2. The Balaban J connectivity index is 1.52. The van der Waals surface area contributed by atoms with E-state index in [-0.39, 0.29) is 12.7 Å². The van der Waals surface area contributed by atoms with E-state index in [0.29, 0.717) is 18.2 Å². The summed E-state index contributed by atoms with van der Waals surface area (Å²) in [6.45, 7) is 2.27. The first-order valence-corrected chi connectivity index (χ1v) is 7.25. The molecule has 21 heavy (non-hydrogen) atoms. The fourth-order valence-electron chi connectivity index (χ4n) is 2.78. The van der Waals surface area contributed by atoms with Gasteiger partial charge >= 0.3 is 0 Å². The van der Waals surface area contributed by atoms with E-state index in [4.69, 9.17) is 14.3 Å². The summed E-state index contributed by atoms with van der Waals surface area (Å²) in [6.07, 6.45) is 5.06. The van der Waals surface area contributed by atoms with Crippen LogP contribution in [0.5, 0.6) is 0 Å². The van der Waals surface area contributed by atoms with Gasteiger partial charge in [0.05, 0.1) is 18.8 Å². The van der Waals surface area contributed by atoms with E-state index in [1.807, 2.05) is 25.5 Å². The lowest BCUT2D eigenvalue weighted by molar-refractivity contribution is 0.0902. The molecule has 1 fully saturated rings. The molecule has 0 aromatic carbocycles. The summed E-state index contributed by atoms with van der Waals surface area (Å²) in [5.74, 6) is 1.89. The molecular weight excluding hydrogens is 270 g/mol. The Bertz CT molecular complexity index is 578. The van der Waals surface area contributed by atoms with Crippen molar-refractivity contribution in [1.29, 1.82) is 0 Å². The zero-order valence-electron chi connectivity index (χ0n) is 12.2. The number of aliphatic hydroxyl groups is 1. The van der Waals surface area contributed by atoms with Crippen LogP contribution in [-0.4, -0.2) is 28.0 Å². The topological polar surface area (TPSA) is 72.5 Å². The van der Waals surface area contributed by atoms with Crippen molar-refractivity contribution in [2.75, 3.05) is 13.2 Å². The van der Waals surface area contributed by atoms with Crippen LogP contribution in [-0.2, 0) is 24.9 Å². The molecule has 0 radical (unpaired) electrons. The van der Waals surface area contributed by atoms with Gasteiger partial charge in [-0.05, 0) is 18.6 Å². The third-order valence-electron chi connectivity index (χ3n) is 3.85. The zero-order valence-corrected chi connectivity index (χ0v) is 12.2. The Morgan fingerprint density at radius 1 is 1.43 bits per heavy atom. The maximum Gasteiger partial charge on any atom is 0.129 e. The summed E-state index contributed by atoms with van der Waals surface area (Å²) in [7, 11) is 1.92. The average molecular weight is 291 g/mol. The Kier molecular flexibility index (Phi) is 4.38. The van der Waals surface area contributed by atoms with Crippen LogP contribution in [0.2, 0.25) is 0 Å². The van der Waals surface area contributed by atoms with Gasteiger partial charge in [0, 0.05) is 37.9 Å². The second-order valence-corrected chi connectivity index (χ2v) is 5.44. The molecule has 2 aromatic heterocycles. The molecule has 2 N–H and O–H groups in total. The molecule has 0 spiro atoms. The maximum absolute atomic E-state index is 8.97. The maximum atomic E-state index is 8.97. The molecule has 1 aliphatic rings. The first-order chi connectivity index (χ1) is 10.3. The first-order valence-electron chi connectivity index (χ1n) is 7.25. The van der Waals surface area contributed by atoms with E-state index in [1.54, 1.807) is 10.7 Å². The normalized spacial score (nSPS) is 22.0. The summed E-state index contributed by atoms with van der Waals surface area (Å²) >= 11 is 0. The lowest BCUT2D eigenvalue weighted by Crippen LogP contribution is -2.24. The quantitative estimate of drug-likeness (QED) is 0.841. The van der Waals surface area contributed by atoms with Crippen LogP contribution in [0.3, 0.4) is 0 Å². The van der Waals surface area contributed by atoms with Crippen molar-refractivity contribution in [3.63, 3.8) is 0 Å². The van der Waals surface area contributed by atoms with Crippen molar-refractivity contribution in [1.82, 2.24) is 15.1 Å². The summed E-state index contributed by atoms with van der Waals surface area (Å²) in [4.78, 5) is 0. The summed E-state index contributed by atoms with van der Waals surface area (Å²) in [5, 5.41) is 16.6. The Morgan fingerprint density at radius 3 is 3.00 bits per heavy atom. The fourth-order valence-corrected chi connectivity index (χ4v) is 2.78. The first kappa shape index (κ1) is 14.3. The number of ether oxygens (including phenoxy) is 1. The van der Waals surface area contributed by atoms with Crippen LogP contribution in [0, 0.1) is 5.92 Å². The highest BCUT2D eigenvalue weighted by Crippen LogP contribution is 2.33. The molecule has 0 unspecified atom stereocenters. The average Bonchev–Trinajstić information content (AvgIpc) is 3.19. The number of aryl methyl sites for hydroxylation is 1. The largest absolute Gasteiger partial charge is 0.462 e.